The van der Waals surface area contributed by atoms with Gasteiger partial charge in [-0.05, 0) is 0 Å². The summed E-state index contributed by atoms with van der Waals surface area (Å²) in [7, 11) is 0. The molecule has 2 nitrogen and oxygen atoms in total. The summed E-state index contributed by atoms with van der Waals surface area (Å²) in [4.78, 5) is 8.58. The SMILES string of the molecule is NC=O.[Cl-]. The summed E-state index contributed by atoms with van der Waals surface area (Å²) in [5.41, 5.74) is 4.17. The zero-order chi connectivity index (χ0) is 2.71. The Balaban J connectivity index is 0. The smallest absolute Gasteiger partial charge is 0.204 e. The standard InChI is InChI=1S/CH3NO.ClH/c2-1-3;/h1H,(H2,2,3);1H/p-1. The second-order valence-electron chi connectivity index (χ2n) is 0.136. The molecule has 26 valence electrons. The number of carbonyl (C=O) groups is 1. The molecule has 0 aliphatic carbocycles. The second kappa shape index (κ2) is 14.8. The lowest BCUT2D eigenvalue weighted by Crippen LogP contribution is -3.00. The van der Waals surface area contributed by atoms with Crippen molar-refractivity contribution in [1.29, 1.82) is 0 Å². The van der Waals surface area contributed by atoms with E-state index in [-0.39, 0.29) is 18.8 Å². The van der Waals surface area contributed by atoms with Gasteiger partial charge in [0.15, 0.2) is 0 Å². The molecule has 0 rings (SSSR count). The molecule has 2 N–H and O–H groups in total. The van der Waals surface area contributed by atoms with Crippen LogP contribution in [-0.2, 0) is 4.79 Å². The molecule has 0 bridgehead atoms. The zero-order valence-electron chi connectivity index (χ0n) is 1.94. The maximum Gasteiger partial charge on any atom is 0.204 e. The number of rotatable bonds is 0. The van der Waals surface area contributed by atoms with Gasteiger partial charge in [0, 0.05) is 0 Å². The quantitative estimate of drug-likeness (QED) is 0.297. The minimum absolute atomic E-state index is 0. The number of hydrogen-bond donors (Lipinski definition) is 1. The van der Waals surface area contributed by atoms with E-state index in [1.165, 1.54) is 0 Å². The first-order valence-electron chi connectivity index (χ1n) is 0.569. The van der Waals surface area contributed by atoms with Gasteiger partial charge in [-0.2, -0.15) is 0 Å². The normalized spacial score (nSPS) is 3.00. The van der Waals surface area contributed by atoms with E-state index >= 15 is 0 Å². The van der Waals surface area contributed by atoms with Crippen molar-refractivity contribution in [3.63, 3.8) is 0 Å². The third-order valence-corrected chi connectivity index (χ3v) is 0. The average molecular weight is 80.5 g/mol. The third kappa shape index (κ3) is 17.6. The zero-order valence-corrected chi connectivity index (χ0v) is 2.70. The molecule has 3 heteroatoms. The Kier molecular flexibility index (Phi) is 34.2. The number of primary amides is 1. The molecule has 0 aromatic rings. The van der Waals surface area contributed by atoms with Gasteiger partial charge in [-0.3, -0.25) is 4.79 Å². The second-order valence-corrected chi connectivity index (χ2v) is 0.136. The summed E-state index contributed by atoms with van der Waals surface area (Å²) in [6.45, 7) is 0. The van der Waals surface area contributed by atoms with E-state index in [2.05, 4.69) is 5.73 Å². The van der Waals surface area contributed by atoms with Crippen molar-refractivity contribution in [2.24, 2.45) is 5.73 Å². The van der Waals surface area contributed by atoms with Crippen molar-refractivity contribution >= 4 is 6.41 Å². The monoisotopic (exact) mass is 80.0 g/mol. The summed E-state index contributed by atoms with van der Waals surface area (Å²) >= 11 is 0. The molecule has 0 unspecified atom stereocenters. The molecule has 0 saturated heterocycles. The number of amides is 1. The van der Waals surface area contributed by atoms with Crippen LogP contribution >= 0.6 is 0 Å². The van der Waals surface area contributed by atoms with Gasteiger partial charge in [0.2, 0.25) is 6.41 Å². The highest BCUT2D eigenvalue weighted by molar-refractivity contribution is 5.42. The van der Waals surface area contributed by atoms with Gasteiger partial charge < -0.3 is 18.1 Å². The van der Waals surface area contributed by atoms with Gasteiger partial charge >= 0.3 is 0 Å². The van der Waals surface area contributed by atoms with Crippen molar-refractivity contribution in [1.82, 2.24) is 0 Å². The third-order valence-electron chi connectivity index (χ3n) is 0. The van der Waals surface area contributed by atoms with Crippen LogP contribution in [0.25, 0.3) is 0 Å². The van der Waals surface area contributed by atoms with Gasteiger partial charge in [0.25, 0.3) is 0 Å². The Morgan fingerprint density at radius 3 is 1.75 bits per heavy atom. The maximum atomic E-state index is 8.58. The molecule has 0 aromatic heterocycles. The summed E-state index contributed by atoms with van der Waals surface area (Å²) in [6.07, 6.45) is 0.250. The highest BCUT2D eigenvalue weighted by Gasteiger charge is 1.19. The number of halogens is 1. The van der Waals surface area contributed by atoms with Gasteiger partial charge in [0.1, 0.15) is 0 Å². The number of hydrogen-bond acceptors (Lipinski definition) is 1. The van der Waals surface area contributed by atoms with Crippen LogP contribution in [0.1, 0.15) is 0 Å². The van der Waals surface area contributed by atoms with Crippen molar-refractivity contribution in [3.8, 4) is 0 Å². The molecule has 0 spiro atoms. The Morgan fingerprint density at radius 1 is 1.75 bits per heavy atom. The summed E-state index contributed by atoms with van der Waals surface area (Å²) < 4.78 is 0. The fraction of sp³-hybridized carbons (Fsp3) is 0. The van der Waals surface area contributed by atoms with Crippen molar-refractivity contribution in [3.05, 3.63) is 0 Å². The fourth-order valence-electron chi connectivity index (χ4n) is 0. The van der Waals surface area contributed by atoms with Crippen molar-refractivity contribution < 1.29 is 17.2 Å². The molecule has 0 aliphatic heterocycles. The highest BCUT2D eigenvalue weighted by atomic mass is 35.5. The maximum absolute atomic E-state index is 8.58. The van der Waals surface area contributed by atoms with Crippen LogP contribution in [0.15, 0.2) is 0 Å². The first-order chi connectivity index (χ1) is 1.41. The van der Waals surface area contributed by atoms with Crippen LogP contribution in [0.4, 0.5) is 0 Å². The van der Waals surface area contributed by atoms with Crippen LogP contribution in [0.3, 0.4) is 0 Å². The predicted molar refractivity (Wildman–Crippen MR) is 10.3 cm³/mol. The highest BCUT2D eigenvalue weighted by Crippen LogP contribution is 0.798. The van der Waals surface area contributed by atoms with Crippen LogP contribution in [0.5, 0.6) is 0 Å². The van der Waals surface area contributed by atoms with E-state index in [0.717, 1.165) is 0 Å². The van der Waals surface area contributed by atoms with Crippen molar-refractivity contribution in [2.75, 3.05) is 0 Å². The van der Waals surface area contributed by atoms with Gasteiger partial charge in [0.05, 0.1) is 0 Å². The van der Waals surface area contributed by atoms with Crippen LogP contribution in [0.2, 0.25) is 0 Å². The molecule has 0 aromatic carbocycles. The minimum Gasteiger partial charge on any atom is -1.00 e. The lowest BCUT2D eigenvalue weighted by Gasteiger charge is -1.32. The van der Waals surface area contributed by atoms with E-state index in [4.69, 9.17) is 4.79 Å². The Hall–Kier alpha value is -0.240. The average Bonchev–Trinajstić information content (AvgIpc) is 0.918. The Labute approximate surface area is 30.4 Å². The lowest BCUT2D eigenvalue weighted by molar-refractivity contribution is -0.106. The number of carbonyl (C=O) groups excluding carboxylic acids is 1. The topological polar surface area (TPSA) is 43.1 Å². The summed E-state index contributed by atoms with van der Waals surface area (Å²) in [5.74, 6) is 0. The molecule has 0 aliphatic rings. The van der Waals surface area contributed by atoms with E-state index in [1.807, 2.05) is 0 Å². The largest absolute Gasteiger partial charge is 1.00 e. The summed E-state index contributed by atoms with van der Waals surface area (Å²) in [5, 5.41) is 0. The van der Waals surface area contributed by atoms with E-state index in [1.54, 1.807) is 0 Å². The molecule has 4 heavy (non-hydrogen) atoms. The Morgan fingerprint density at radius 2 is 1.75 bits per heavy atom. The minimum atomic E-state index is 0. The molecular formula is CH3ClNO-. The molecule has 1 amide bonds. The number of nitrogens with two attached hydrogens (primary N) is 1. The van der Waals surface area contributed by atoms with Crippen molar-refractivity contribution in [2.45, 2.75) is 0 Å². The Bertz CT molecular complexity index is 15.5. The molecule has 0 atom stereocenters. The van der Waals surface area contributed by atoms with Gasteiger partial charge in [-0.15, -0.1) is 0 Å². The molecule has 0 fully saturated rings. The predicted octanol–water partition coefficient (Wildman–Crippen LogP) is -3.89. The lowest BCUT2D eigenvalue weighted by atomic mass is 11.5. The first-order valence-corrected chi connectivity index (χ1v) is 0.569. The van der Waals surface area contributed by atoms with E-state index in [0.29, 0.717) is 0 Å². The molecule has 0 heterocycles. The molecule has 0 radical (unpaired) electrons. The van der Waals surface area contributed by atoms with Gasteiger partial charge in [-0.25, -0.2) is 0 Å². The van der Waals surface area contributed by atoms with Crippen LogP contribution in [0, 0.1) is 0 Å². The fourth-order valence-corrected chi connectivity index (χ4v) is 0. The van der Waals surface area contributed by atoms with E-state index in [9.17, 15) is 0 Å². The van der Waals surface area contributed by atoms with Crippen LogP contribution in [-0.4, -0.2) is 6.41 Å². The van der Waals surface area contributed by atoms with E-state index < -0.39 is 0 Å². The first kappa shape index (κ1) is 9.25. The van der Waals surface area contributed by atoms with Crippen LogP contribution < -0.4 is 18.1 Å². The molecular weight excluding hydrogens is 77.5 g/mol. The van der Waals surface area contributed by atoms with Gasteiger partial charge in [-0.1, -0.05) is 0 Å². The molecule has 0 saturated carbocycles. The summed E-state index contributed by atoms with van der Waals surface area (Å²) in [6, 6.07) is 0.